The summed E-state index contributed by atoms with van der Waals surface area (Å²) in [5.74, 6) is -3.73. The molecule has 11 heteroatoms. The van der Waals surface area contributed by atoms with Crippen LogP contribution in [0, 0.1) is 5.92 Å². The Morgan fingerprint density at radius 1 is 0.725 bits per heavy atom. The zero-order chi connectivity index (χ0) is 29.7. The first-order chi connectivity index (χ1) is 19.0. The summed E-state index contributed by atoms with van der Waals surface area (Å²) in [6.07, 6.45) is 0.322. The van der Waals surface area contributed by atoms with E-state index in [2.05, 4.69) is 16.0 Å². The Morgan fingerprint density at radius 2 is 1.15 bits per heavy atom. The molecule has 0 aliphatic rings. The van der Waals surface area contributed by atoms with Crippen LogP contribution in [0.5, 0.6) is 0 Å². The number of carboxylic acid groups (broad SMARTS) is 1. The fraction of sp³-hybridized carbons (Fsp3) is 0.414. The summed E-state index contributed by atoms with van der Waals surface area (Å²) in [6.45, 7) is 3.69. The fourth-order valence-corrected chi connectivity index (χ4v) is 4.06. The Labute approximate surface area is 234 Å². The van der Waals surface area contributed by atoms with E-state index in [1.165, 1.54) is 0 Å². The predicted octanol–water partition coefficient (Wildman–Crippen LogP) is 0.650. The van der Waals surface area contributed by atoms with Gasteiger partial charge in [0.2, 0.25) is 23.6 Å². The molecule has 4 atom stereocenters. The van der Waals surface area contributed by atoms with Crippen molar-refractivity contribution in [2.75, 3.05) is 0 Å². The first kappa shape index (κ1) is 32.0. The Bertz CT molecular complexity index is 1140. The molecule has 0 aliphatic carbocycles. The Hall–Kier alpha value is -4.25. The van der Waals surface area contributed by atoms with E-state index in [0.29, 0.717) is 0 Å². The SMILES string of the molecule is CC(C)CC(NC(=O)C(Cc1ccccc1)NC(=O)C(Cc1ccccc1)NC(=O)C(N)CCC(N)=O)C(=O)O. The molecule has 0 fully saturated rings. The van der Waals surface area contributed by atoms with Gasteiger partial charge in [0.1, 0.15) is 18.1 Å². The van der Waals surface area contributed by atoms with Crippen LogP contribution in [0.15, 0.2) is 60.7 Å². The summed E-state index contributed by atoms with van der Waals surface area (Å²) in [7, 11) is 0. The molecule has 40 heavy (non-hydrogen) atoms. The van der Waals surface area contributed by atoms with E-state index in [1.807, 2.05) is 26.0 Å². The van der Waals surface area contributed by atoms with Gasteiger partial charge in [0, 0.05) is 19.3 Å². The van der Waals surface area contributed by atoms with Crippen LogP contribution in [0.1, 0.15) is 44.2 Å². The summed E-state index contributed by atoms with van der Waals surface area (Å²) in [4.78, 5) is 62.5. The van der Waals surface area contributed by atoms with E-state index in [1.54, 1.807) is 48.5 Å². The number of carbonyl (C=O) groups excluding carboxylic acids is 4. The lowest BCUT2D eigenvalue weighted by Gasteiger charge is -2.26. The highest BCUT2D eigenvalue weighted by atomic mass is 16.4. The zero-order valence-electron chi connectivity index (χ0n) is 22.8. The molecule has 216 valence electrons. The van der Waals surface area contributed by atoms with Gasteiger partial charge in [-0.25, -0.2) is 4.79 Å². The zero-order valence-corrected chi connectivity index (χ0v) is 22.8. The highest BCUT2D eigenvalue weighted by Gasteiger charge is 2.31. The van der Waals surface area contributed by atoms with Gasteiger partial charge in [0.15, 0.2) is 0 Å². The van der Waals surface area contributed by atoms with Gasteiger partial charge < -0.3 is 32.5 Å². The van der Waals surface area contributed by atoms with Gasteiger partial charge in [-0.1, -0.05) is 74.5 Å². The lowest BCUT2D eigenvalue weighted by molar-refractivity contribution is -0.142. The number of hydrogen-bond donors (Lipinski definition) is 6. The molecule has 0 bridgehead atoms. The smallest absolute Gasteiger partial charge is 0.326 e. The third-order valence-electron chi connectivity index (χ3n) is 6.19. The first-order valence-electron chi connectivity index (χ1n) is 13.2. The summed E-state index contributed by atoms with van der Waals surface area (Å²) < 4.78 is 0. The minimum absolute atomic E-state index is 0.00626. The van der Waals surface area contributed by atoms with Gasteiger partial charge in [-0.3, -0.25) is 19.2 Å². The van der Waals surface area contributed by atoms with Crippen molar-refractivity contribution in [1.29, 1.82) is 0 Å². The van der Waals surface area contributed by atoms with Crippen LogP contribution in [0.25, 0.3) is 0 Å². The molecular formula is C29H39N5O6. The summed E-state index contributed by atoms with van der Waals surface area (Å²) >= 11 is 0. The van der Waals surface area contributed by atoms with Crippen LogP contribution >= 0.6 is 0 Å². The number of amides is 4. The van der Waals surface area contributed by atoms with Crippen molar-refractivity contribution in [3.8, 4) is 0 Å². The molecule has 2 aromatic carbocycles. The molecule has 0 heterocycles. The Morgan fingerprint density at radius 3 is 1.55 bits per heavy atom. The highest BCUT2D eigenvalue weighted by molar-refractivity contribution is 5.94. The topological polar surface area (TPSA) is 194 Å². The number of primary amides is 1. The molecule has 11 nitrogen and oxygen atoms in total. The highest BCUT2D eigenvalue weighted by Crippen LogP contribution is 2.10. The van der Waals surface area contributed by atoms with Crippen molar-refractivity contribution in [2.45, 2.75) is 70.1 Å². The van der Waals surface area contributed by atoms with E-state index in [-0.39, 0.29) is 38.0 Å². The second-order valence-corrected chi connectivity index (χ2v) is 10.1. The Kier molecular flexibility index (Phi) is 12.8. The lowest BCUT2D eigenvalue weighted by atomic mass is 10.0. The number of carbonyl (C=O) groups is 5. The molecule has 0 saturated heterocycles. The molecule has 0 aromatic heterocycles. The molecule has 0 saturated carbocycles. The van der Waals surface area contributed by atoms with Crippen LogP contribution in [-0.4, -0.2) is 58.9 Å². The standard InChI is InChI=1S/C29H39N5O6/c1-18(2)15-24(29(39)40)34-28(38)23(17-20-11-7-4-8-12-20)33-27(37)22(16-19-9-5-3-6-10-19)32-26(36)21(30)13-14-25(31)35/h3-12,18,21-24H,13-17,30H2,1-2H3,(H2,31,35)(H,32,36)(H,33,37)(H,34,38)(H,39,40). The normalized spacial score (nSPS) is 13.9. The number of nitrogens with one attached hydrogen (secondary N) is 3. The number of hydrogen-bond acceptors (Lipinski definition) is 6. The van der Waals surface area contributed by atoms with Crippen molar-refractivity contribution < 1.29 is 29.1 Å². The van der Waals surface area contributed by atoms with Crippen molar-refractivity contribution in [3.63, 3.8) is 0 Å². The largest absolute Gasteiger partial charge is 0.480 e. The molecule has 4 unspecified atom stereocenters. The summed E-state index contributed by atoms with van der Waals surface area (Å²) in [5.41, 5.74) is 12.6. The van der Waals surface area contributed by atoms with Crippen LogP contribution in [-0.2, 0) is 36.8 Å². The molecular weight excluding hydrogens is 514 g/mol. The molecule has 0 spiro atoms. The van der Waals surface area contributed by atoms with Crippen LogP contribution in [0.4, 0.5) is 0 Å². The molecule has 0 radical (unpaired) electrons. The molecule has 2 rings (SSSR count). The number of aliphatic carboxylic acids is 1. The second kappa shape index (κ2) is 16.0. The summed E-state index contributed by atoms with van der Waals surface area (Å²) in [6, 6.07) is 13.5. The molecule has 4 amide bonds. The Balaban J connectivity index is 2.29. The monoisotopic (exact) mass is 553 g/mol. The van der Waals surface area contributed by atoms with Gasteiger partial charge in [-0.15, -0.1) is 0 Å². The summed E-state index contributed by atoms with van der Waals surface area (Å²) in [5, 5.41) is 17.5. The van der Waals surface area contributed by atoms with Gasteiger partial charge in [0.05, 0.1) is 6.04 Å². The van der Waals surface area contributed by atoms with E-state index in [4.69, 9.17) is 11.5 Å². The van der Waals surface area contributed by atoms with Crippen molar-refractivity contribution in [2.24, 2.45) is 17.4 Å². The van der Waals surface area contributed by atoms with Crippen LogP contribution < -0.4 is 27.4 Å². The van der Waals surface area contributed by atoms with Gasteiger partial charge >= 0.3 is 5.97 Å². The maximum absolute atomic E-state index is 13.5. The number of rotatable bonds is 16. The first-order valence-corrected chi connectivity index (χ1v) is 13.2. The maximum atomic E-state index is 13.5. The fourth-order valence-electron chi connectivity index (χ4n) is 4.06. The third-order valence-corrected chi connectivity index (χ3v) is 6.19. The number of nitrogens with two attached hydrogens (primary N) is 2. The van der Waals surface area contributed by atoms with E-state index >= 15 is 0 Å². The van der Waals surface area contributed by atoms with Crippen LogP contribution in [0.2, 0.25) is 0 Å². The molecule has 0 aliphatic heterocycles. The van der Waals surface area contributed by atoms with Crippen molar-refractivity contribution in [1.82, 2.24) is 16.0 Å². The predicted molar refractivity (Wildman–Crippen MR) is 150 cm³/mol. The maximum Gasteiger partial charge on any atom is 0.326 e. The van der Waals surface area contributed by atoms with Gasteiger partial charge in [-0.05, 0) is 29.9 Å². The molecule has 8 N–H and O–H groups in total. The average Bonchev–Trinajstić information content (AvgIpc) is 2.91. The van der Waals surface area contributed by atoms with Crippen molar-refractivity contribution >= 4 is 29.6 Å². The second-order valence-electron chi connectivity index (χ2n) is 10.1. The van der Waals surface area contributed by atoms with E-state index in [0.717, 1.165) is 11.1 Å². The third kappa shape index (κ3) is 11.2. The number of benzene rings is 2. The molecule has 2 aromatic rings. The van der Waals surface area contributed by atoms with Gasteiger partial charge in [0.25, 0.3) is 0 Å². The lowest BCUT2D eigenvalue weighted by Crippen LogP contribution is -2.58. The number of carboxylic acids is 1. The quantitative estimate of drug-likeness (QED) is 0.176. The van der Waals surface area contributed by atoms with Crippen molar-refractivity contribution in [3.05, 3.63) is 71.8 Å². The minimum Gasteiger partial charge on any atom is -0.480 e. The average molecular weight is 554 g/mol. The van der Waals surface area contributed by atoms with Gasteiger partial charge in [-0.2, -0.15) is 0 Å². The minimum atomic E-state index is -1.17. The van der Waals surface area contributed by atoms with Crippen LogP contribution in [0.3, 0.4) is 0 Å². The van der Waals surface area contributed by atoms with E-state index < -0.39 is 53.8 Å². The van der Waals surface area contributed by atoms with E-state index in [9.17, 15) is 29.1 Å².